The van der Waals surface area contributed by atoms with E-state index in [0.29, 0.717) is 6.07 Å². The number of carboxylic acid groups (broad SMARTS) is 1. The maximum Gasteiger partial charge on any atom is 0.416 e. The van der Waals surface area contributed by atoms with Gasteiger partial charge < -0.3 is 10.4 Å². The Bertz CT molecular complexity index is 758. The molecule has 0 saturated heterocycles. The van der Waals surface area contributed by atoms with Crippen LogP contribution in [0.1, 0.15) is 15.9 Å². The monoisotopic (exact) mass is 347 g/mol. The number of carbonyl (C=O) groups is 2. The Morgan fingerprint density at radius 3 is 2.65 bits per heavy atom. The van der Waals surface area contributed by atoms with Gasteiger partial charge in [-0.2, -0.15) is 18.3 Å². The van der Waals surface area contributed by atoms with Crippen LogP contribution in [0.5, 0.6) is 0 Å². The van der Waals surface area contributed by atoms with Crippen molar-refractivity contribution < 1.29 is 27.9 Å². The van der Waals surface area contributed by atoms with Gasteiger partial charge in [0.25, 0.3) is 5.91 Å². The molecule has 1 aromatic heterocycles. The maximum atomic E-state index is 12.7. The Balaban J connectivity index is 2.20. The second kappa shape index (κ2) is 6.29. The molecule has 0 bridgehead atoms. The summed E-state index contributed by atoms with van der Waals surface area (Å²) in [5.41, 5.74) is -1.18. The lowest BCUT2D eigenvalue weighted by molar-refractivity contribution is -0.138. The molecule has 0 unspecified atom stereocenters. The minimum atomic E-state index is -4.57. The first-order chi connectivity index (χ1) is 10.7. The van der Waals surface area contributed by atoms with E-state index in [-0.39, 0.29) is 16.3 Å². The maximum absolute atomic E-state index is 12.7. The molecule has 6 nitrogen and oxygen atoms in total. The number of nitrogens with zero attached hydrogens (tertiary/aromatic N) is 2. The van der Waals surface area contributed by atoms with Crippen molar-refractivity contribution in [1.29, 1.82) is 0 Å². The van der Waals surface area contributed by atoms with E-state index in [4.69, 9.17) is 16.7 Å². The molecule has 2 aromatic rings. The van der Waals surface area contributed by atoms with Gasteiger partial charge in [0, 0.05) is 6.20 Å². The quantitative estimate of drug-likeness (QED) is 0.890. The van der Waals surface area contributed by atoms with Gasteiger partial charge in [-0.1, -0.05) is 11.6 Å². The SMILES string of the molecule is O=C(O)Cn1cc(C(=O)Nc2cc(C(F)(F)F)ccc2Cl)cn1. The number of alkyl halides is 3. The van der Waals surface area contributed by atoms with E-state index in [1.54, 1.807) is 0 Å². The molecule has 0 saturated carbocycles. The van der Waals surface area contributed by atoms with Crippen LogP contribution in [0.4, 0.5) is 18.9 Å². The molecule has 0 aliphatic heterocycles. The number of rotatable bonds is 4. The summed E-state index contributed by atoms with van der Waals surface area (Å²) in [6.45, 7) is -0.447. The largest absolute Gasteiger partial charge is 0.480 e. The zero-order valence-electron chi connectivity index (χ0n) is 11.3. The number of amides is 1. The Labute approximate surface area is 132 Å². The zero-order valence-corrected chi connectivity index (χ0v) is 12.0. The van der Waals surface area contributed by atoms with Crippen molar-refractivity contribution in [2.75, 3.05) is 5.32 Å². The minimum Gasteiger partial charge on any atom is -0.480 e. The molecule has 122 valence electrons. The van der Waals surface area contributed by atoms with Crippen molar-refractivity contribution in [3.05, 3.63) is 46.7 Å². The number of carbonyl (C=O) groups excluding carboxylic acids is 1. The molecule has 0 spiro atoms. The average Bonchev–Trinajstić information content (AvgIpc) is 2.87. The van der Waals surface area contributed by atoms with E-state index >= 15 is 0 Å². The number of halogens is 4. The van der Waals surface area contributed by atoms with Crippen LogP contribution in [-0.2, 0) is 17.5 Å². The van der Waals surface area contributed by atoms with Crippen molar-refractivity contribution in [2.24, 2.45) is 0 Å². The van der Waals surface area contributed by atoms with Crippen LogP contribution in [0.15, 0.2) is 30.6 Å². The Hall–Kier alpha value is -2.55. The summed E-state index contributed by atoms with van der Waals surface area (Å²) in [5, 5.41) is 14.4. The van der Waals surface area contributed by atoms with Crippen molar-refractivity contribution in [3.63, 3.8) is 0 Å². The van der Waals surface area contributed by atoms with Crippen molar-refractivity contribution >= 4 is 29.2 Å². The molecule has 2 N–H and O–H groups in total. The number of aromatic nitrogens is 2. The Kier molecular flexibility index (Phi) is 4.60. The van der Waals surface area contributed by atoms with Crippen LogP contribution in [0.2, 0.25) is 5.02 Å². The molecule has 0 aliphatic rings. The van der Waals surface area contributed by atoms with E-state index < -0.39 is 30.2 Å². The fourth-order valence-electron chi connectivity index (χ4n) is 1.70. The summed E-state index contributed by atoms with van der Waals surface area (Å²) in [6, 6.07) is 2.53. The third kappa shape index (κ3) is 4.22. The lowest BCUT2D eigenvalue weighted by Crippen LogP contribution is -2.13. The molecule has 0 fully saturated rings. The first-order valence-corrected chi connectivity index (χ1v) is 6.47. The second-order valence-electron chi connectivity index (χ2n) is 4.47. The van der Waals surface area contributed by atoms with Gasteiger partial charge in [-0.15, -0.1) is 0 Å². The molecule has 0 aliphatic carbocycles. The van der Waals surface area contributed by atoms with Crippen LogP contribution in [0.3, 0.4) is 0 Å². The second-order valence-corrected chi connectivity index (χ2v) is 4.87. The first kappa shape index (κ1) is 16.8. The number of benzene rings is 1. The molecule has 0 radical (unpaired) electrons. The van der Waals surface area contributed by atoms with E-state index in [0.717, 1.165) is 29.2 Å². The van der Waals surface area contributed by atoms with Gasteiger partial charge in [0.15, 0.2) is 0 Å². The molecule has 0 atom stereocenters. The van der Waals surface area contributed by atoms with Crippen LogP contribution >= 0.6 is 11.6 Å². The van der Waals surface area contributed by atoms with Crippen molar-refractivity contribution in [2.45, 2.75) is 12.7 Å². The highest BCUT2D eigenvalue weighted by atomic mass is 35.5. The van der Waals surface area contributed by atoms with E-state index in [9.17, 15) is 22.8 Å². The third-order valence-electron chi connectivity index (χ3n) is 2.73. The summed E-state index contributed by atoms with van der Waals surface area (Å²) in [6.07, 6.45) is -2.32. The standard InChI is InChI=1S/C13H9ClF3N3O3/c14-9-2-1-8(13(15,16)17)3-10(9)19-12(23)7-4-18-20(5-7)6-11(21)22/h1-5H,6H2,(H,19,23)(H,21,22). The van der Waals surface area contributed by atoms with Crippen molar-refractivity contribution in [1.82, 2.24) is 9.78 Å². The lowest BCUT2D eigenvalue weighted by atomic mass is 10.2. The molecule has 1 amide bonds. The van der Waals surface area contributed by atoms with Crippen LogP contribution in [0, 0.1) is 0 Å². The van der Waals surface area contributed by atoms with Gasteiger partial charge in [0.1, 0.15) is 6.54 Å². The number of carboxylic acids is 1. The number of hydrogen-bond donors (Lipinski definition) is 2. The Morgan fingerprint density at radius 1 is 1.35 bits per heavy atom. The van der Waals surface area contributed by atoms with Gasteiger partial charge in [0.05, 0.1) is 28.0 Å². The third-order valence-corrected chi connectivity index (χ3v) is 3.06. The van der Waals surface area contributed by atoms with Gasteiger partial charge in [-0.05, 0) is 18.2 Å². The molecular formula is C13H9ClF3N3O3. The summed E-state index contributed by atoms with van der Waals surface area (Å²) in [5.74, 6) is -1.91. The summed E-state index contributed by atoms with van der Waals surface area (Å²) in [4.78, 5) is 22.5. The number of aliphatic carboxylic acids is 1. The van der Waals surface area contributed by atoms with Gasteiger partial charge in [-0.3, -0.25) is 14.3 Å². The fourth-order valence-corrected chi connectivity index (χ4v) is 1.86. The van der Waals surface area contributed by atoms with Crippen LogP contribution in [0.25, 0.3) is 0 Å². The smallest absolute Gasteiger partial charge is 0.416 e. The predicted molar refractivity (Wildman–Crippen MR) is 74.3 cm³/mol. The lowest BCUT2D eigenvalue weighted by Gasteiger charge is -2.11. The summed E-state index contributed by atoms with van der Waals surface area (Å²) in [7, 11) is 0. The van der Waals surface area contributed by atoms with E-state index in [1.807, 2.05) is 0 Å². The highest BCUT2D eigenvalue weighted by Gasteiger charge is 2.31. The average molecular weight is 348 g/mol. The van der Waals surface area contributed by atoms with Crippen LogP contribution in [-0.4, -0.2) is 26.8 Å². The molecular weight excluding hydrogens is 339 g/mol. The Morgan fingerprint density at radius 2 is 2.04 bits per heavy atom. The normalized spacial score (nSPS) is 11.3. The number of anilines is 1. The predicted octanol–water partition coefficient (Wildman–Crippen LogP) is 2.89. The zero-order chi connectivity index (χ0) is 17.2. The molecule has 1 aromatic carbocycles. The van der Waals surface area contributed by atoms with Gasteiger partial charge in [-0.25, -0.2) is 0 Å². The van der Waals surface area contributed by atoms with Crippen LogP contribution < -0.4 is 5.32 Å². The van der Waals surface area contributed by atoms with Crippen molar-refractivity contribution in [3.8, 4) is 0 Å². The highest BCUT2D eigenvalue weighted by Crippen LogP contribution is 2.33. The first-order valence-electron chi connectivity index (χ1n) is 6.09. The molecule has 10 heteroatoms. The molecule has 1 heterocycles. The summed E-state index contributed by atoms with van der Waals surface area (Å²) >= 11 is 5.77. The van der Waals surface area contributed by atoms with E-state index in [2.05, 4.69) is 10.4 Å². The topological polar surface area (TPSA) is 84.2 Å². The highest BCUT2D eigenvalue weighted by molar-refractivity contribution is 6.34. The molecule has 23 heavy (non-hydrogen) atoms. The summed E-state index contributed by atoms with van der Waals surface area (Å²) < 4.78 is 39.0. The van der Waals surface area contributed by atoms with E-state index in [1.165, 1.54) is 0 Å². The number of nitrogens with one attached hydrogen (secondary N) is 1. The number of hydrogen-bond acceptors (Lipinski definition) is 3. The minimum absolute atomic E-state index is 0.0141. The van der Waals surface area contributed by atoms with Gasteiger partial charge >= 0.3 is 12.1 Å². The fraction of sp³-hybridized carbons (Fsp3) is 0.154. The molecule has 2 rings (SSSR count). The van der Waals surface area contributed by atoms with Gasteiger partial charge in [0.2, 0.25) is 0 Å².